The molecular formula is C12H15N3S. The minimum atomic E-state index is 0.811. The monoisotopic (exact) mass is 233 g/mol. The molecule has 0 aliphatic rings. The molecule has 0 spiro atoms. The molecule has 0 aromatic carbocycles. The normalized spacial score (nSPS) is 10.5. The Morgan fingerprint density at radius 3 is 2.44 bits per heavy atom. The summed E-state index contributed by atoms with van der Waals surface area (Å²) in [5, 5.41) is 3.11. The van der Waals surface area contributed by atoms with E-state index in [0.717, 1.165) is 27.8 Å². The van der Waals surface area contributed by atoms with Crippen LogP contribution in [0.1, 0.15) is 16.1 Å². The van der Waals surface area contributed by atoms with Gasteiger partial charge in [-0.1, -0.05) is 0 Å². The van der Waals surface area contributed by atoms with E-state index < -0.39 is 0 Å². The van der Waals surface area contributed by atoms with E-state index in [0.29, 0.717) is 0 Å². The molecule has 0 bridgehead atoms. The molecule has 2 rings (SSSR count). The molecule has 0 aliphatic heterocycles. The first-order valence-electron chi connectivity index (χ1n) is 5.21. The molecular weight excluding hydrogens is 218 g/mol. The molecule has 16 heavy (non-hydrogen) atoms. The third-order valence-electron chi connectivity index (χ3n) is 2.59. The maximum absolute atomic E-state index is 4.52. The van der Waals surface area contributed by atoms with Crippen LogP contribution in [0.3, 0.4) is 0 Å². The van der Waals surface area contributed by atoms with Crippen LogP contribution in [0.5, 0.6) is 0 Å². The molecule has 84 valence electrons. The standard InChI is InChI=1S/C12H15N3S/c1-7-5-6-10(16-7)12-14-9(3)8(2)11(13-4)15-12/h5-6H,1-4H3,(H,13,14,15). The molecule has 0 amide bonds. The molecule has 4 heteroatoms. The topological polar surface area (TPSA) is 37.8 Å². The number of aryl methyl sites for hydroxylation is 2. The predicted molar refractivity (Wildman–Crippen MR) is 69.1 cm³/mol. The number of aromatic nitrogens is 2. The lowest BCUT2D eigenvalue weighted by Gasteiger charge is -2.08. The van der Waals surface area contributed by atoms with E-state index in [9.17, 15) is 0 Å². The van der Waals surface area contributed by atoms with E-state index in [-0.39, 0.29) is 0 Å². The van der Waals surface area contributed by atoms with Crippen molar-refractivity contribution in [2.75, 3.05) is 12.4 Å². The van der Waals surface area contributed by atoms with Crippen molar-refractivity contribution in [1.29, 1.82) is 0 Å². The van der Waals surface area contributed by atoms with Crippen LogP contribution in [0.2, 0.25) is 0 Å². The van der Waals surface area contributed by atoms with E-state index in [1.807, 2.05) is 20.9 Å². The van der Waals surface area contributed by atoms with Crippen molar-refractivity contribution >= 4 is 17.2 Å². The lowest BCUT2D eigenvalue weighted by molar-refractivity contribution is 1.07. The Morgan fingerprint density at radius 2 is 1.88 bits per heavy atom. The molecule has 3 nitrogen and oxygen atoms in total. The fourth-order valence-corrected chi connectivity index (χ4v) is 2.34. The van der Waals surface area contributed by atoms with Gasteiger partial charge in [0, 0.05) is 23.2 Å². The third kappa shape index (κ3) is 1.93. The zero-order valence-electron chi connectivity index (χ0n) is 9.96. The summed E-state index contributed by atoms with van der Waals surface area (Å²) in [7, 11) is 1.89. The highest BCUT2D eigenvalue weighted by Gasteiger charge is 2.09. The van der Waals surface area contributed by atoms with Crippen LogP contribution >= 0.6 is 11.3 Å². The zero-order chi connectivity index (χ0) is 11.7. The number of nitrogens with one attached hydrogen (secondary N) is 1. The van der Waals surface area contributed by atoms with Crippen molar-refractivity contribution < 1.29 is 0 Å². The molecule has 2 aromatic heterocycles. The molecule has 0 radical (unpaired) electrons. The van der Waals surface area contributed by atoms with Gasteiger partial charge in [0.15, 0.2) is 5.82 Å². The molecule has 0 atom stereocenters. The molecule has 0 aliphatic carbocycles. The Labute approximate surface area is 99.6 Å². The summed E-state index contributed by atoms with van der Waals surface area (Å²) < 4.78 is 0. The number of thiophene rings is 1. The van der Waals surface area contributed by atoms with Gasteiger partial charge in [-0.25, -0.2) is 9.97 Å². The molecule has 2 aromatic rings. The van der Waals surface area contributed by atoms with E-state index in [1.165, 1.54) is 4.88 Å². The van der Waals surface area contributed by atoms with E-state index in [2.05, 4.69) is 34.3 Å². The first-order valence-corrected chi connectivity index (χ1v) is 6.03. The van der Waals surface area contributed by atoms with E-state index in [1.54, 1.807) is 11.3 Å². The second kappa shape index (κ2) is 4.22. The lowest BCUT2D eigenvalue weighted by atomic mass is 10.2. The van der Waals surface area contributed by atoms with Gasteiger partial charge in [0.05, 0.1) is 4.88 Å². The van der Waals surface area contributed by atoms with Crippen LogP contribution in [0.4, 0.5) is 5.82 Å². The molecule has 0 saturated heterocycles. The second-order valence-corrected chi connectivity index (χ2v) is 5.05. The Hall–Kier alpha value is -1.42. The Bertz CT molecular complexity index is 517. The molecule has 0 fully saturated rings. The van der Waals surface area contributed by atoms with Gasteiger partial charge in [-0.15, -0.1) is 11.3 Å². The van der Waals surface area contributed by atoms with Gasteiger partial charge in [-0.2, -0.15) is 0 Å². The SMILES string of the molecule is CNc1nc(-c2ccc(C)s2)nc(C)c1C. The second-order valence-electron chi connectivity index (χ2n) is 3.77. The van der Waals surface area contributed by atoms with Crippen LogP contribution in [-0.4, -0.2) is 17.0 Å². The Kier molecular flexibility index (Phi) is 2.92. The molecule has 0 saturated carbocycles. The van der Waals surface area contributed by atoms with Crippen LogP contribution in [0, 0.1) is 20.8 Å². The average Bonchev–Trinajstić information content (AvgIpc) is 2.69. The largest absolute Gasteiger partial charge is 0.373 e. The summed E-state index contributed by atoms with van der Waals surface area (Å²) in [5.74, 6) is 1.72. The predicted octanol–water partition coefficient (Wildman–Crippen LogP) is 3.17. The van der Waals surface area contributed by atoms with E-state index >= 15 is 0 Å². The van der Waals surface area contributed by atoms with Crippen molar-refractivity contribution in [3.05, 3.63) is 28.3 Å². The summed E-state index contributed by atoms with van der Waals surface area (Å²) in [6.45, 7) is 6.14. The van der Waals surface area contributed by atoms with E-state index in [4.69, 9.17) is 0 Å². The average molecular weight is 233 g/mol. The van der Waals surface area contributed by atoms with Gasteiger partial charge < -0.3 is 5.32 Å². The first-order chi connectivity index (χ1) is 7.61. The fraction of sp³-hybridized carbons (Fsp3) is 0.333. The number of hydrogen-bond donors (Lipinski definition) is 1. The minimum Gasteiger partial charge on any atom is -0.373 e. The lowest BCUT2D eigenvalue weighted by Crippen LogP contribution is -2.01. The number of hydrogen-bond acceptors (Lipinski definition) is 4. The highest BCUT2D eigenvalue weighted by Crippen LogP contribution is 2.27. The first kappa shape index (κ1) is 11.1. The smallest absolute Gasteiger partial charge is 0.171 e. The maximum atomic E-state index is 4.52. The maximum Gasteiger partial charge on any atom is 0.171 e. The summed E-state index contributed by atoms with van der Waals surface area (Å²) in [6.07, 6.45) is 0. The van der Waals surface area contributed by atoms with Gasteiger partial charge in [-0.05, 0) is 32.9 Å². The van der Waals surface area contributed by atoms with Gasteiger partial charge in [-0.3, -0.25) is 0 Å². The summed E-state index contributed by atoms with van der Waals surface area (Å²) in [4.78, 5) is 11.5. The quantitative estimate of drug-likeness (QED) is 0.865. The van der Waals surface area contributed by atoms with Crippen molar-refractivity contribution in [3.63, 3.8) is 0 Å². The van der Waals surface area contributed by atoms with Crippen molar-refractivity contribution in [2.24, 2.45) is 0 Å². The highest BCUT2D eigenvalue weighted by molar-refractivity contribution is 7.15. The Morgan fingerprint density at radius 1 is 1.12 bits per heavy atom. The summed E-state index contributed by atoms with van der Waals surface area (Å²) >= 11 is 1.72. The molecule has 2 heterocycles. The molecule has 0 unspecified atom stereocenters. The van der Waals surface area contributed by atoms with Crippen molar-refractivity contribution in [3.8, 4) is 10.7 Å². The van der Waals surface area contributed by atoms with Crippen LogP contribution in [0.25, 0.3) is 10.7 Å². The fourth-order valence-electron chi connectivity index (χ4n) is 1.54. The third-order valence-corrected chi connectivity index (χ3v) is 3.58. The number of nitrogens with zero attached hydrogens (tertiary/aromatic N) is 2. The number of anilines is 1. The summed E-state index contributed by atoms with van der Waals surface area (Å²) in [6, 6.07) is 4.17. The highest BCUT2D eigenvalue weighted by atomic mass is 32.1. The van der Waals surface area contributed by atoms with Crippen LogP contribution in [-0.2, 0) is 0 Å². The minimum absolute atomic E-state index is 0.811. The molecule has 1 N–H and O–H groups in total. The number of rotatable bonds is 2. The van der Waals surface area contributed by atoms with Crippen LogP contribution in [0.15, 0.2) is 12.1 Å². The van der Waals surface area contributed by atoms with Crippen molar-refractivity contribution in [2.45, 2.75) is 20.8 Å². The van der Waals surface area contributed by atoms with Gasteiger partial charge >= 0.3 is 0 Å². The van der Waals surface area contributed by atoms with Gasteiger partial charge in [0.2, 0.25) is 0 Å². The zero-order valence-corrected chi connectivity index (χ0v) is 10.8. The Balaban J connectivity index is 2.54. The van der Waals surface area contributed by atoms with Crippen molar-refractivity contribution in [1.82, 2.24) is 9.97 Å². The van der Waals surface area contributed by atoms with Gasteiger partial charge in [0.25, 0.3) is 0 Å². The van der Waals surface area contributed by atoms with Gasteiger partial charge in [0.1, 0.15) is 5.82 Å². The summed E-state index contributed by atoms with van der Waals surface area (Å²) in [5.41, 5.74) is 2.14. The van der Waals surface area contributed by atoms with Crippen LogP contribution < -0.4 is 5.32 Å².